The molecule has 0 aliphatic heterocycles. The Balaban J connectivity index is 1.63. The van der Waals surface area contributed by atoms with E-state index in [1.54, 1.807) is 11.3 Å². The van der Waals surface area contributed by atoms with Crippen molar-refractivity contribution in [2.75, 3.05) is 0 Å². The number of aryl methyl sites for hydroxylation is 2. The van der Waals surface area contributed by atoms with Gasteiger partial charge in [-0.15, -0.1) is 11.3 Å². The highest BCUT2D eigenvalue weighted by Gasteiger charge is 2.14. The molecule has 0 atom stereocenters. The molecule has 0 spiro atoms. The fourth-order valence-electron chi connectivity index (χ4n) is 2.75. The summed E-state index contributed by atoms with van der Waals surface area (Å²) in [6.07, 6.45) is 0.820. The minimum absolute atomic E-state index is 0.0179. The highest BCUT2D eigenvalue weighted by Crippen LogP contribution is 2.22. The van der Waals surface area contributed by atoms with Crippen molar-refractivity contribution in [1.82, 2.24) is 9.71 Å². The van der Waals surface area contributed by atoms with Crippen molar-refractivity contribution in [3.8, 4) is 0 Å². The zero-order valence-electron chi connectivity index (χ0n) is 14.9. The van der Waals surface area contributed by atoms with Gasteiger partial charge in [-0.2, -0.15) is 0 Å². The van der Waals surface area contributed by atoms with E-state index in [1.807, 2.05) is 56.3 Å². The van der Waals surface area contributed by atoms with Crippen LogP contribution in [0.2, 0.25) is 0 Å². The van der Waals surface area contributed by atoms with Crippen LogP contribution < -0.4 is 4.72 Å². The summed E-state index contributed by atoms with van der Waals surface area (Å²) in [7, 11) is -3.40. The van der Waals surface area contributed by atoms with Gasteiger partial charge in [-0.25, -0.2) is 18.1 Å². The molecule has 26 heavy (non-hydrogen) atoms. The van der Waals surface area contributed by atoms with Gasteiger partial charge >= 0.3 is 0 Å². The van der Waals surface area contributed by atoms with Crippen molar-refractivity contribution in [2.45, 2.75) is 32.6 Å². The molecule has 3 rings (SSSR count). The van der Waals surface area contributed by atoms with Crippen molar-refractivity contribution >= 4 is 21.4 Å². The number of benzene rings is 2. The van der Waals surface area contributed by atoms with Crippen molar-refractivity contribution < 1.29 is 8.42 Å². The van der Waals surface area contributed by atoms with E-state index in [9.17, 15) is 8.42 Å². The Bertz CT molecular complexity index is 980. The Kier molecular flexibility index (Phi) is 5.86. The van der Waals surface area contributed by atoms with Crippen LogP contribution in [0.4, 0.5) is 0 Å². The number of hydrogen-bond donors (Lipinski definition) is 1. The molecule has 6 heteroatoms. The van der Waals surface area contributed by atoms with Crippen molar-refractivity contribution in [3.63, 3.8) is 0 Å². The van der Waals surface area contributed by atoms with Gasteiger partial charge in [0.25, 0.3) is 0 Å². The van der Waals surface area contributed by atoms with Gasteiger partial charge in [0.2, 0.25) is 10.0 Å². The van der Waals surface area contributed by atoms with E-state index < -0.39 is 10.0 Å². The third-order valence-corrected chi connectivity index (χ3v) is 6.48. The summed E-state index contributed by atoms with van der Waals surface area (Å²) in [6, 6.07) is 17.8. The van der Waals surface area contributed by atoms with Crippen LogP contribution in [0.3, 0.4) is 0 Å². The van der Waals surface area contributed by atoms with Gasteiger partial charge in [0.05, 0.1) is 18.0 Å². The minimum atomic E-state index is -3.40. The SMILES string of the molecule is Cc1cccc(CS(=O)(=O)NCc2nc(C)c(Cc3ccccc3)s2)c1. The van der Waals surface area contributed by atoms with Crippen molar-refractivity contribution in [2.24, 2.45) is 0 Å². The monoisotopic (exact) mass is 386 g/mol. The van der Waals surface area contributed by atoms with Crippen LogP contribution in [-0.2, 0) is 28.7 Å². The Morgan fingerprint density at radius 3 is 2.46 bits per heavy atom. The first kappa shape index (κ1) is 18.8. The smallest absolute Gasteiger partial charge is 0.216 e. The molecule has 1 N–H and O–H groups in total. The van der Waals surface area contributed by atoms with E-state index in [2.05, 4.69) is 21.8 Å². The maximum atomic E-state index is 12.3. The third kappa shape index (κ3) is 5.24. The topological polar surface area (TPSA) is 59.1 Å². The van der Waals surface area contributed by atoms with Gasteiger partial charge in [-0.1, -0.05) is 60.2 Å². The second kappa shape index (κ2) is 8.12. The van der Waals surface area contributed by atoms with Gasteiger partial charge < -0.3 is 0 Å². The number of rotatable bonds is 7. The first-order valence-corrected chi connectivity index (χ1v) is 10.9. The van der Waals surface area contributed by atoms with E-state index in [0.717, 1.165) is 28.2 Å². The molecule has 2 aromatic carbocycles. The first-order valence-electron chi connectivity index (χ1n) is 8.43. The highest BCUT2D eigenvalue weighted by atomic mass is 32.2. The molecule has 0 aliphatic rings. The average Bonchev–Trinajstić information content (AvgIpc) is 2.94. The molecule has 4 nitrogen and oxygen atoms in total. The first-order chi connectivity index (χ1) is 12.4. The number of nitrogens with zero attached hydrogens (tertiary/aromatic N) is 1. The number of nitrogens with one attached hydrogen (secondary N) is 1. The van der Waals surface area contributed by atoms with Crippen molar-refractivity contribution in [1.29, 1.82) is 0 Å². The summed E-state index contributed by atoms with van der Waals surface area (Å²) in [5.74, 6) is -0.0179. The van der Waals surface area contributed by atoms with Gasteiger partial charge in [0.15, 0.2) is 0 Å². The molecule has 1 heterocycles. The van der Waals surface area contributed by atoms with Crippen LogP contribution in [0.5, 0.6) is 0 Å². The van der Waals surface area contributed by atoms with Crippen LogP contribution in [0.1, 0.15) is 32.3 Å². The number of sulfonamides is 1. The Morgan fingerprint density at radius 1 is 1.00 bits per heavy atom. The van der Waals surface area contributed by atoms with E-state index in [1.165, 1.54) is 10.4 Å². The zero-order chi connectivity index (χ0) is 18.6. The standard InChI is InChI=1S/C20H22N2O2S2/c1-15-7-6-10-18(11-15)14-26(23,24)21-13-20-22-16(2)19(25-20)12-17-8-4-3-5-9-17/h3-11,21H,12-14H2,1-2H3. The lowest BCUT2D eigenvalue weighted by molar-refractivity contribution is 0.580. The summed E-state index contributed by atoms with van der Waals surface area (Å²) in [5, 5.41) is 0.793. The van der Waals surface area contributed by atoms with Crippen LogP contribution >= 0.6 is 11.3 Å². The quantitative estimate of drug-likeness (QED) is 0.668. The lowest BCUT2D eigenvalue weighted by atomic mass is 10.1. The van der Waals surface area contributed by atoms with Crippen LogP contribution in [0.25, 0.3) is 0 Å². The summed E-state index contributed by atoms with van der Waals surface area (Å²) in [6.45, 7) is 4.16. The zero-order valence-corrected chi connectivity index (χ0v) is 16.5. The molecule has 0 unspecified atom stereocenters. The Morgan fingerprint density at radius 2 is 1.73 bits per heavy atom. The number of aromatic nitrogens is 1. The predicted molar refractivity (Wildman–Crippen MR) is 107 cm³/mol. The predicted octanol–water partition coefficient (Wildman–Crippen LogP) is 3.97. The molecule has 0 fully saturated rings. The van der Waals surface area contributed by atoms with E-state index in [-0.39, 0.29) is 12.3 Å². The average molecular weight is 387 g/mol. The molecule has 0 radical (unpaired) electrons. The van der Waals surface area contributed by atoms with Gasteiger partial charge in [0.1, 0.15) is 5.01 Å². The van der Waals surface area contributed by atoms with E-state index >= 15 is 0 Å². The summed E-state index contributed by atoms with van der Waals surface area (Å²) >= 11 is 1.57. The molecule has 3 aromatic rings. The number of thiazole rings is 1. The largest absolute Gasteiger partial charge is 0.245 e. The van der Waals surface area contributed by atoms with Crippen molar-refractivity contribution in [3.05, 3.63) is 86.9 Å². The minimum Gasteiger partial charge on any atom is -0.245 e. The maximum absolute atomic E-state index is 12.3. The third-order valence-electron chi connectivity index (χ3n) is 4.03. The fourth-order valence-corrected chi connectivity index (χ4v) is 4.97. The van der Waals surface area contributed by atoms with Gasteiger partial charge in [-0.05, 0) is 25.0 Å². The lowest BCUT2D eigenvalue weighted by Gasteiger charge is -2.06. The molecule has 0 bridgehead atoms. The second-order valence-electron chi connectivity index (χ2n) is 6.35. The fraction of sp³-hybridized carbons (Fsp3) is 0.250. The summed E-state index contributed by atoms with van der Waals surface area (Å²) in [4.78, 5) is 5.69. The van der Waals surface area contributed by atoms with E-state index in [0.29, 0.717) is 0 Å². The molecule has 1 aromatic heterocycles. The Hall–Kier alpha value is -2.02. The molecular formula is C20H22N2O2S2. The molecule has 0 saturated carbocycles. The maximum Gasteiger partial charge on any atom is 0.216 e. The Labute approximate surface area is 159 Å². The molecular weight excluding hydrogens is 364 g/mol. The molecule has 136 valence electrons. The molecule has 0 amide bonds. The summed E-state index contributed by atoms with van der Waals surface area (Å²) < 4.78 is 27.3. The van der Waals surface area contributed by atoms with Crippen LogP contribution in [-0.4, -0.2) is 13.4 Å². The van der Waals surface area contributed by atoms with Gasteiger partial charge in [-0.3, -0.25) is 0 Å². The highest BCUT2D eigenvalue weighted by molar-refractivity contribution is 7.88. The van der Waals surface area contributed by atoms with E-state index in [4.69, 9.17) is 0 Å². The number of hydrogen-bond acceptors (Lipinski definition) is 4. The normalized spacial score (nSPS) is 11.6. The molecule has 0 aliphatic carbocycles. The molecule has 0 saturated heterocycles. The second-order valence-corrected chi connectivity index (χ2v) is 9.32. The van der Waals surface area contributed by atoms with Crippen LogP contribution in [0.15, 0.2) is 54.6 Å². The van der Waals surface area contributed by atoms with Gasteiger partial charge in [0, 0.05) is 11.3 Å². The van der Waals surface area contributed by atoms with Crippen LogP contribution in [0, 0.1) is 13.8 Å². The summed E-state index contributed by atoms with van der Waals surface area (Å²) in [5.41, 5.74) is 4.04. The lowest BCUT2D eigenvalue weighted by Crippen LogP contribution is -2.24.